The van der Waals surface area contributed by atoms with Gasteiger partial charge in [0.25, 0.3) is 0 Å². The highest BCUT2D eigenvalue weighted by molar-refractivity contribution is 5.68. The molecule has 1 aliphatic rings. The van der Waals surface area contributed by atoms with Gasteiger partial charge >= 0.3 is 5.97 Å². The van der Waals surface area contributed by atoms with E-state index in [0.29, 0.717) is 11.2 Å². The molecular weight excluding hydrogens is 242 g/mol. The average molecular weight is 263 g/mol. The van der Waals surface area contributed by atoms with Gasteiger partial charge in [-0.15, -0.1) is 0 Å². The zero-order chi connectivity index (χ0) is 13.9. The van der Waals surface area contributed by atoms with E-state index in [1.165, 1.54) is 18.5 Å². The van der Waals surface area contributed by atoms with E-state index >= 15 is 0 Å². The largest absolute Gasteiger partial charge is 0.482 e. The lowest BCUT2D eigenvalue weighted by atomic mass is 9.75. The van der Waals surface area contributed by atoms with Crippen molar-refractivity contribution in [3.8, 4) is 5.75 Å². The van der Waals surface area contributed by atoms with Gasteiger partial charge in [-0.3, -0.25) is 0 Å². The summed E-state index contributed by atoms with van der Waals surface area (Å²) in [6.07, 6.45) is 2.44. The SMILES string of the molecule is CCC1(CC)CN(c2ccc(OCC(=O)O)cc2)C1. The van der Waals surface area contributed by atoms with Crippen molar-refractivity contribution in [3.05, 3.63) is 24.3 Å². The number of ether oxygens (including phenoxy) is 1. The van der Waals surface area contributed by atoms with Crippen LogP contribution in [-0.2, 0) is 4.79 Å². The lowest BCUT2D eigenvalue weighted by Crippen LogP contribution is -2.55. The zero-order valence-electron chi connectivity index (χ0n) is 11.6. The molecule has 1 N–H and O–H groups in total. The lowest BCUT2D eigenvalue weighted by Gasteiger charge is -2.51. The Morgan fingerprint density at radius 1 is 1.26 bits per heavy atom. The van der Waals surface area contributed by atoms with Crippen molar-refractivity contribution in [2.45, 2.75) is 26.7 Å². The Labute approximate surface area is 114 Å². The van der Waals surface area contributed by atoms with Gasteiger partial charge in [-0.05, 0) is 37.1 Å². The van der Waals surface area contributed by atoms with Crippen molar-refractivity contribution in [2.24, 2.45) is 5.41 Å². The highest BCUT2D eigenvalue weighted by Crippen LogP contribution is 2.39. The van der Waals surface area contributed by atoms with Crippen LogP contribution in [0.4, 0.5) is 5.69 Å². The van der Waals surface area contributed by atoms with Gasteiger partial charge in [0.2, 0.25) is 0 Å². The summed E-state index contributed by atoms with van der Waals surface area (Å²) in [4.78, 5) is 12.8. The topological polar surface area (TPSA) is 49.8 Å². The van der Waals surface area contributed by atoms with Gasteiger partial charge in [-0.1, -0.05) is 13.8 Å². The van der Waals surface area contributed by atoms with Crippen LogP contribution >= 0.6 is 0 Å². The molecule has 19 heavy (non-hydrogen) atoms. The molecular formula is C15H21NO3. The van der Waals surface area contributed by atoms with Gasteiger partial charge < -0.3 is 14.7 Å². The number of hydrogen-bond donors (Lipinski definition) is 1. The number of carboxylic acid groups (broad SMARTS) is 1. The van der Waals surface area contributed by atoms with Crippen LogP contribution in [-0.4, -0.2) is 30.8 Å². The summed E-state index contributed by atoms with van der Waals surface area (Å²) in [6.45, 7) is 6.43. The molecule has 2 rings (SSSR count). The van der Waals surface area contributed by atoms with Gasteiger partial charge in [0.1, 0.15) is 5.75 Å². The smallest absolute Gasteiger partial charge is 0.341 e. The molecule has 1 heterocycles. The lowest BCUT2D eigenvalue weighted by molar-refractivity contribution is -0.139. The van der Waals surface area contributed by atoms with E-state index in [4.69, 9.17) is 9.84 Å². The Kier molecular flexibility index (Phi) is 3.98. The molecule has 0 bridgehead atoms. The monoisotopic (exact) mass is 263 g/mol. The molecule has 1 saturated heterocycles. The third-order valence-electron chi connectivity index (χ3n) is 4.12. The molecule has 0 amide bonds. The second-order valence-electron chi connectivity index (χ2n) is 5.24. The maximum atomic E-state index is 10.4. The molecule has 4 nitrogen and oxygen atoms in total. The van der Waals surface area contributed by atoms with E-state index < -0.39 is 5.97 Å². The van der Waals surface area contributed by atoms with Crippen LogP contribution in [0.2, 0.25) is 0 Å². The molecule has 0 aliphatic carbocycles. The van der Waals surface area contributed by atoms with Gasteiger partial charge in [-0.25, -0.2) is 4.79 Å². The van der Waals surface area contributed by atoms with Crippen molar-refractivity contribution in [1.29, 1.82) is 0 Å². The van der Waals surface area contributed by atoms with E-state index in [1.807, 2.05) is 24.3 Å². The second kappa shape index (κ2) is 5.51. The first kappa shape index (κ1) is 13.7. The predicted molar refractivity (Wildman–Crippen MR) is 74.8 cm³/mol. The minimum absolute atomic E-state index is 0.294. The molecule has 0 radical (unpaired) electrons. The van der Waals surface area contributed by atoms with Crippen molar-refractivity contribution in [2.75, 3.05) is 24.6 Å². The Balaban J connectivity index is 1.91. The molecule has 1 aliphatic heterocycles. The molecule has 104 valence electrons. The van der Waals surface area contributed by atoms with Crippen LogP contribution in [0.1, 0.15) is 26.7 Å². The number of hydrogen-bond acceptors (Lipinski definition) is 3. The Hall–Kier alpha value is -1.71. The second-order valence-corrected chi connectivity index (χ2v) is 5.24. The number of benzene rings is 1. The van der Waals surface area contributed by atoms with Crippen molar-refractivity contribution < 1.29 is 14.6 Å². The van der Waals surface area contributed by atoms with E-state index in [2.05, 4.69) is 18.7 Å². The molecule has 1 aromatic rings. The average Bonchev–Trinajstić information content (AvgIpc) is 2.37. The van der Waals surface area contributed by atoms with Crippen molar-refractivity contribution in [1.82, 2.24) is 0 Å². The van der Waals surface area contributed by atoms with E-state index in [0.717, 1.165) is 13.1 Å². The summed E-state index contributed by atoms with van der Waals surface area (Å²) in [7, 11) is 0. The molecule has 0 unspecified atom stereocenters. The van der Waals surface area contributed by atoms with Gasteiger partial charge in [0, 0.05) is 24.2 Å². The highest BCUT2D eigenvalue weighted by atomic mass is 16.5. The minimum atomic E-state index is -0.956. The number of rotatable bonds is 6. The maximum absolute atomic E-state index is 10.4. The standard InChI is InChI=1S/C15H21NO3/c1-3-15(4-2)10-16(11-15)12-5-7-13(8-6-12)19-9-14(17)18/h5-8H,3-4,9-11H2,1-2H3,(H,17,18). The van der Waals surface area contributed by atoms with Gasteiger partial charge in [0.15, 0.2) is 6.61 Å². The van der Waals surface area contributed by atoms with Crippen LogP contribution < -0.4 is 9.64 Å². The van der Waals surface area contributed by atoms with Crippen LogP contribution in [0.25, 0.3) is 0 Å². The normalized spacial score (nSPS) is 16.8. The van der Waals surface area contributed by atoms with E-state index in [-0.39, 0.29) is 6.61 Å². The molecule has 0 atom stereocenters. The summed E-state index contributed by atoms with van der Waals surface area (Å²) in [5, 5.41) is 8.54. The fourth-order valence-corrected chi connectivity index (χ4v) is 2.54. The summed E-state index contributed by atoms with van der Waals surface area (Å²) < 4.78 is 5.12. The Morgan fingerprint density at radius 2 is 1.84 bits per heavy atom. The number of nitrogens with zero attached hydrogens (tertiary/aromatic N) is 1. The van der Waals surface area contributed by atoms with Crippen molar-refractivity contribution in [3.63, 3.8) is 0 Å². The molecule has 0 saturated carbocycles. The van der Waals surface area contributed by atoms with Crippen LogP contribution in [0.15, 0.2) is 24.3 Å². The first-order chi connectivity index (χ1) is 9.08. The van der Waals surface area contributed by atoms with Gasteiger partial charge in [-0.2, -0.15) is 0 Å². The van der Waals surface area contributed by atoms with Gasteiger partial charge in [0.05, 0.1) is 0 Å². The summed E-state index contributed by atoms with van der Waals surface area (Å²) in [6, 6.07) is 7.64. The number of aliphatic carboxylic acids is 1. The summed E-state index contributed by atoms with van der Waals surface area (Å²) in [5.41, 5.74) is 1.67. The van der Waals surface area contributed by atoms with Crippen LogP contribution in [0.5, 0.6) is 5.75 Å². The fourth-order valence-electron chi connectivity index (χ4n) is 2.54. The zero-order valence-corrected chi connectivity index (χ0v) is 11.6. The van der Waals surface area contributed by atoms with E-state index in [9.17, 15) is 4.79 Å². The predicted octanol–water partition coefficient (Wildman–Crippen LogP) is 2.78. The third kappa shape index (κ3) is 3.00. The number of carbonyl (C=O) groups is 1. The Bertz CT molecular complexity index is 429. The van der Waals surface area contributed by atoms with Crippen molar-refractivity contribution >= 4 is 11.7 Å². The highest BCUT2D eigenvalue weighted by Gasteiger charge is 2.39. The molecule has 1 aromatic carbocycles. The molecule has 1 fully saturated rings. The van der Waals surface area contributed by atoms with E-state index in [1.54, 1.807) is 0 Å². The first-order valence-corrected chi connectivity index (χ1v) is 6.78. The molecule has 0 aromatic heterocycles. The molecule has 4 heteroatoms. The number of anilines is 1. The van der Waals surface area contributed by atoms with Crippen LogP contribution in [0, 0.1) is 5.41 Å². The Morgan fingerprint density at radius 3 is 2.32 bits per heavy atom. The third-order valence-corrected chi connectivity index (χ3v) is 4.12. The van der Waals surface area contributed by atoms with Crippen LogP contribution in [0.3, 0.4) is 0 Å². The first-order valence-electron chi connectivity index (χ1n) is 6.78. The maximum Gasteiger partial charge on any atom is 0.341 e. The summed E-state index contributed by atoms with van der Waals surface area (Å²) in [5.74, 6) is -0.355. The fraction of sp³-hybridized carbons (Fsp3) is 0.533. The number of carboxylic acids is 1. The molecule has 0 spiro atoms. The minimum Gasteiger partial charge on any atom is -0.482 e. The summed E-state index contributed by atoms with van der Waals surface area (Å²) >= 11 is 0. The quantitative estimate of drug-likeness (QED) is 0.857.